The first-order valence-electron chi connectivity index (χ1n) is 7.19. The van der Waals surface area contributed by atoms with Crippen LogP contribution in [0.15, 0.2) is 30.6 Å². The zero-order valence-electron chi connectivity index (χ0n) is 13.1. The van der Waals surface area contributed by atoms with E-state index in [2.05, 4.69) is 9.97 Å². The summed E-state index contributed by atoms with van der Waals surface area (Å²) in [5, 5.41) is 0.205. The van der Waals surface area contributed by atoms with Crippen LogP contribution in [0.2, 0.25) is 10.3 Å². The molecule has 3 nitrogen and oxygen atoms in total. The van der Waals surface area contributed by atoms with Gasteiger partial charge in [-0.25, -0.2) is 9.97 Å². The van der Waals surface area contributed by atoms with Gasteiger partial charge in [0.15, 0.2) is 0 Å². The number of ketones is 1. The van der Waals surface area contributed by atoms with E-state index in [4.69, 9.17) is 23.2 Å². The largest absolute Gasteiger partial charge is 0.416 e. The van der Waals surface area contributed by atoms with Gasteiger partial charge in [0.2, 0.25) is 0 Å². The predicted octanol–water partition coefficient (Wildman–Crippen LogP) is 5.33. The summed E-state index contributed by atoms with van der Waals surface area (Å²) < 4.78 is 38.4. The highest BCUT2D eigenvalue weighted by molar-refractivity contribution is 6.34. The molecule has 0 aliphatic carbocycles. The number of alkyl halides is 3. The number of benzene rings is 1. The fraction of sp³-hybridized carbons (Fsp3) is 0.235. The van der Waals surface area contributed by atoms with Gasteiger partial charge >= 0.3 is 6.18 Å². The number of carbonyl (C=O) groups excluding carboxylic acids is 1. The molecule has 1 heterocycles. The molecule has 0 N–H and O–H groups in total. The number of rotatable bonds is 5. The topological polar surface area (TPSA) is 42.9 Å². The van der Waals surface area contributed by atoms with Crippen molar-refractivity contribution in [2.24, 2.45) is 0 Å². The van der Waals surface area contributed by atoms with Crippen molar-refractivity contribution in [2.75, 3.05) is 0 Å². The molecule has 0 atom stereocenters. The average Bonchev–Trinajstić information content (AvgIpc) is 2.50. The van der Waals surface area contributed by atoms with Crippen molar-refractivity contribution in [1.82, 2.24) is 9.97 Å². The lowest BCUT2D eigenvalue weighted by molar-refractivity contribution is -0.137. The highest BCUT2D eigenvalue weighted by Gasteiger charge is 2.30. The fourth-order valence-corrected chi connectivity index (χ4v) is 2.63. The molecule has 2 rings (SSSR count). The van der Waals surface area contributed by atoms with Gasteiger partial charge in [-0.2, -0.15) is 13.2 Å². The molecule has 8 heteroatoms. The number of halogens is 5. The van der Waals surface area contributed by atoms with Gasteiger partial charge in [0.25, 0.3) is 0 Å². The van der Waals surface area contributed by atoms with E-state index in [0.29, 0.717) is 16.7 Å². The third-order valence-corrected chi connectivity index (χ3v) is 3.95. The summed E-state index contributed by atoms with van der Waals surface area (Å²) in [4.78, 5) is 19.5. The number of Topliss-reactive ketones (excluding diaryl/α,β-unsaturated/α-hetero) is 1. The molecule has 25 heavy (non-hydrogen) atoms. The number of allylic oxidation sites excluding steroid dienone is 1. The first-order valence-corrected chi connectivity index (χ1v) is 7.94. The molecule has 1 aromatic carbocycles. The van der Waals surface area contributed by atoms with Gasteiger partial charge < -0.3 is 0 Å². The van der Waals surface area contributed by atoms with Crippen LogP contribution in [0, 0.1) is 6.92 Å². The number of nitrogens with zero attached hydrogens (tertiary/aromatic N) is 2. The van der Waals surface area contributed by atoms with Crippen LogP contribution in [0.4, 0.5) is 13.2 Å². The number of hydrogen-bond acceptors (Lipinski definition) is 3. The normalized spacial score (nSPS) is 11.9. The second-order valence-electron chi connectivity index (χ2n) is 5.39. The molecule has 0 aliphatic rings. The lowest BCUT2D eigenvalue weighted by Gasteiger charge is -2.08. The third kappa shape index (κ3) is 5.54. The van der Waals surface area contributed by atoms with E-state index in [9.17, 15) is 18.0 Å². The predicted molar refractivity (Wildman–Crippen MR) is 90.6 cm³/mol. The Labute approximate surface area is 152 Å². The zero-order valence-corrected chi connectivity index (χ0v) is 14.6. The lowest BCUT2D eigenvalue weighted by atomic mass is 10.0. The maximum atomic E-state index is 12.8. The van der Waals surface area contributed by atoms with Crippen molar-refractivity contribution in [3.63, 3.8) is 0 Å². The maximum absolute atomic E-state index is 12.8. The molecule has 0 saturated carbocycles. The van der Waals surface area contributed by atoms with Crippen molar-refractivity contribution in [3.8, 4) is 0 Å². The van der Waals surface area contributed by atoms with Crippen LogP contribution in [-0.2, 0) is 17.4 Å². The first kappa shape index (κ1) is 19.4. The molecular formula is C17H13Cl2F3N2O. The van der Waals surface area contributed by atoms with Crippen molar-refractivity contribution in [2.45, 2.75) is 25.9 Å². The molecule has 0 spiro atoms. The molecule has 0 amide bonds. The quantitative estimate of drug-likeness (QED) is 0.650. The number of aryl methyl sites for hydroxylation is 1. The Balaban J connectivity index is 2.06. The Bertz CT molecular complexity index is 800. The van der Waals surface area contributed by atoms with E-state index in [0.717, 1.165) is 12.1 Å². The van der Waals surface area contributed by atoms with Crippen LogP contribution < -0.4 is 0 Å². The molecule has 0 radical (unpaired) electrons. The Hall–Kier alpha value is -1.92. The van der Waals surface area contributed by atoms with Gasteiger partial charge in [-0.05, 0) is 30.2 Å². The maximum Gasteiger partial charge on any atom is 0.416 e. The van der Waals surface area contributed by atoms with Crippen LogP contribution in [0.1, 0.15) is 28.7 Å². The SMILES string of the molecule is Cc1cc(/C=C/CC(=O)Cc2c(Cl)ncnc2Cl)cc(C(F)(F)F)c1. The molecule has 0 saturated heterocycles. The van der Waals surface area contributed by atoms with Crippen molar-refractivity contribution in [3.05, 3.63) is 63.2 Å². The van der Waals surface area contributed by atoms with E-state index in [1.165, 1.54) is 18.5 Å². The van der Waals surface area contributed by atoms with Gasteiger partial charge in [0.05, 0.1) is 5.56 Å². The summed E-state index contributed by atoms with van der Waals surface area (Å²) in [5.41, 5.74) is 0.470. The van der Waals surface area contributed by atoms with Gasteiger partial charge in [-0.1, -0.05) is 41.4 Å². The van der Waals surface area contributed by atoms with Crippen LogP contribution in [0.25, 0.3) is 6.08 Å². The highest BCUT2D eigenvalue weighted by atomic mass is 35.5. The average molecular weight is 389 g/mol. The van der Waals surface area contributed by atoms with Gasteiger partial charge in [0, 0.05) is 18.4 Å². The Kier molecular flexibility index (Phi) is 6.19. The van der Waals surface area contributed by atoms with E-state index < -0.39 is 11.7 Å². The smallest absolute Gasteiger partial charge is 0.299 e. The summed E-state index contributed by atoms with van der Waals surface area (Å²) in [7, 11) is 0. The molecular weight excluding hydrogens is 376 g/mol. The fourth-order valence-electron chi connectivity index (χ4n) is 2.19. The molecule has 1 aromatic heterocycles. The summed E-state index contributed by atoms with van der Waals surface area (Å²) in [6.07, 6.45) is -0.269. The summed E-state index contributed by atoms with van der Waals surface area (Å²) >= 11 is 11.7. The Morgan fingerprint density at radius 1 is 1.16 bits per heavy atom. The van der Waals surface area contributed by atoms with Gasteiger partial charge in [0.1, 0.15) is 22.4 Å². The van der Waals surface area contributed by atoms with E-state index in [-0.39, 0.29) is 28.9 Å². The van der Waals surface area contributed by atoms with Crippen LogP contribution in [0.5, 0.6) is 0 Å². The van der Waals surface area contributed by atoms with Crippen LogP contribution in [0.3, 0.4) is 0 Å². The minimum atomic E-state index is -4.41. The van der Waals surface area contributed by atoms with Crippen molar-refractivity contribution >= 4 is 35.1 Å². The number of hydrogen-bond donors (Lipinski definition) is 0. The minimum Gasteiger partial charge on any atom is -0.299 e. The standard InChI is InChI=1S/C17H13Cl2F3N2O/c1-10-5-11(7-12(6-10)17(20,21)22)3-2-4-13(25)8-14-15(18)23-9-24-16(14)19/h2-3,5-7,9H,4,8H2,1H3/b3-2+. The van der Waals surface area contributed by atoms with Crippen molar-refractivity contribution in [1.29, 1.82) is 0 Å². The van der Waals surface area contributed by atoms with Crippen LogP contribution in [-0.4, -0.2) is 15.8 Å². The molecule has 2 aromatic rings. The van der Waals surface area contributed by atoms with E-state index in [1.807, 2.05) is 0 Å². The van der Waals surface area contributed by atoms with Gasteiger partial charge in [-0.15, -0.1) is 0 Å². The second-order valence-corrected chi connectivity index (χ2v) is 6.10. The molecule has 0 bridgehead atoms. The first-order chi connectivity index (χ1) is 11.7. The molecule has 132 valence electrons. The van der Waals surface area contributed by atoms with Crippen LogP contribution >= 0.6 is 23.2 Å². The van der Waals surface area contributed by atoms with E-state index in [1.54, 1.807) is 13.0 Å². The number of carbonyl (C=O) groups is 1. The highest BCUT2D eigenvalue weighted by Crippen LogP contribution is 2.31. The summed E-state index contributed by atoms with van der Waals surface area (Å²) in [5.74, 6) is -0.210. The summed E-state index contributed by atoms with van der Waals surface area (Å²) in [6.45, 7) is 1.58. The van der Waals surface area contributed by atoms with Crippen molar-refractivity contribution < 1.29 is 18.0 Å². The molecule has 0 fully saturated rings. The molecule has 0 unspecified atom stereocenters. The Morgan fingerprint density at radius 3 is 2.40 bits per heavy atom. The third-order valence-electron chi connectivity index (χ3n) is 3.30. The monoisotopic (exact) mass is 388 g/mol. The lowest BCUT2D eigenvalue weighted by Crippen LogP contribution is -2.05. The van der Waals surface area contributed by atoms with Gasteiger partial charge in [-0.3, -0.25) is 4.79 Å². The second kappa shape index (κ2) is 7.97. The molecule has 0 aliphatic heterocycles. The van der Waals surface area contributed by atoms with E-state index >= 15 is 0 Å². The summed E-state index contributed by atoms with van der Waals surface area (Å²) in [6, 6.07) is 3.71. The zero-order chi connectivity index (χ0) is 18.6. The Morgan fingerprint density at radius 2 is 1.80 bits per heavy atom. The minimum absolute atomic E-state index is 0.0246. The number of aromatic nitrogens is 2.